The Labute approximate surface area is 137 Å². The van der Waals surface area contributed by atoms with Gasteiger partial charge in [-0.1, -0.05) is 18.2 Å². The zero-order chi connectivity index (χ0) is 16.4. The Morgan fingerprint density at radius 2 is 2.13 bits per heavy atom. The van der Waals surface area contributed by atoms with Crippen LogP contribution in [0.1, 0.15) is 20.8 Å². The van der Waals surface area contributed by atoms with Gasteiger partial charge in [0.15, 0.2) is 0 Å². The minimum Gasteiger partial charge on any atom is -0.480 e. The summed E-state index contributed by atoms with van der Waals surface area (Å²) >= 11 is 1.31. The predicted molar refractivity (Wildman–Crippen MR) is 89.9 cm³/mol. The summed E-state index contributed by atoms with van der Waals surface area (Å²) in [6.07, 6.45) is 2.03. The van der Waals surface area contributed by atoms with Crippen LogP contribution in [0.3, 0.4) is 0 Å². The number of aromatic nitrogens is 1. The summed E-state index contributed by atoms with van der Waals surface area (Å²) < 4.78 is 0. The maximum Gasteiger partial charge on any atom is 0.326 e. The molecule has 0 unspecified atom stereocenters. The Hall–Kier alpha value is -2.60. The second-order valence-electron chi connectivity index (χ2n) is 5.42. The van der Waals surface area contributed by atoms with Crippen molar-refractivity contribution in [3.63, 3.8) is 0 Å². The van der Waals surface area contributed by atoms with Crippen molar-refractivity contribution >= 4 is 34.1 Å². The third kappa shape index (κ3) is 3.27. The van der Waals surface area contributed by atoms with Gasteiger partial charge in [-0.2, -0.15) is 0 Å². The van der Waals surface area contributed by atoms with Gasteiger partial charge in [0.1, 0.15) is 6.04 Å². The topological polar surface area (TPSA) is 82.2 Å². The highest BCUT2D eigenvalue weighted by Crippen LogP contribution is 2.20. The number of aryl methyl sites for hydroxylation is 1. The molecule has 0 aliphatic carbocycles. The number of fused-ring (bicyclic) bond motifs is 1. The lowest BCUT2D eigenvalue weighted by atomic mass is 10.0. The van der Waals surface area contributed by atoms with Crippen LogP contribution in [0.25, 0.3) is 10.9 Å². The van der Waals surface area contributed by atoms with Crippen LogP contribution in [0, 0.1) is 6.92 Å². The molecule has 2 heterocycles. The zero-order valence-corrected chi connectivity index (χ0v) is 13.3. The SMILES string of the molecule is Cc1csc(C(=O)N[C@@H](Cc2c[nH]c3ccccc23)C(=O)O)c1. The minimum absolute atomic E-state index is 0.232. The van der Waals surface area contributed by atoms with E-state index in [-0.39, 0.29) is 12.3 Å². The van der Waals surface area contributed by atoms with E-state index in [0.29, 0.717) is 4.88 Å². The van der Waals surface area contributed by atoms with Gasteiger partial charge in [0, 0.05) is 23.5 Å². The lowest BCUT2D eigenvalue weighted by Crippen LogP contribution is -2.42. The molecule has 0 saturated carbocycles. The highest BCUT2D eigenvalue weighted by atomic mass is 32.1. The number of benzene rings is 1. The van der Waals surface area contributed by atoms with Crippen molar-refractivity contribution in [1.82, 2.24) is 10.3 Å². The van der Waals surface area contributed by atoms with Crippen molar-refractivity contribution in [2.75, 3.05) is 0 Å². The summed E-state index contributed by atoms with van der Waals surface area (Å²) in [6.45, 7) is 1.90. The van der Waals surface area contributed by atoms with Crippen molar-refractivity contribution < 1.29 is 14.7 Å². The van der Waals surface area contributed by atoms with Gasteiger partial charge >= 0.3 is 5.97 Å². The Morgan fingerprint density at radius 1 is 1.35 bits per heavy atom. The zero-order valence-electron chi connectivity index (χ0n) is 12.5. The molecule has 6 heteroatoms. The van der Waals surface area contributed by atoms with E-state index in [1.165, 1.54) is 11.3 Å². The van der Waals surface area contributed by atoms with Crippen molar-refractivity contribution in [1.29, 1.82) is 0 Å². The van der Waals surface area contributed by atoms with E-state index in [9.17, 15) is 14.7 Å². The fourth-order valence-electron chi connectivity index (χ4n) is 2.50. The summed E-state index contributed by atoms with van der Waals surface area (Å²) in [4.78, 5) is 27.3. The van der Waals surface area contributed by atoms with Crippen LogP contribution in [-0.4, -0.2) is 28.0 Å². The number of aliphatic carboxylic acids is 1. The summed E-state index contributed by atoms with van der Waals surface area (Å²) in [7, 11) is 0. The highest BCUT2D eigenvalue weighted by Gasteiger charge is 2.23. The molecule has 3 N–H and O–H groups in total. The fraction of sp³-hybridized carbons (Fsp3) is 0.176. The van der Waals surface area contributed by atoms with Crippen LogP contribution in [0.4, 0.5) is 0 Å². The van der Waals surface area contributed by atoms with Gasteiger partial charge in [-0.05, 0) is 35.6 Å². The number of carboxylic acids is 1. The van der Waals surface area contributed by atoms with E-state index >= 15 is 0 Å². The largest absolute Gasteiger partial charge is 0.480 e. The molecule has 0 aliphatic rings. The number of rotatable bonds is 5. The molecule has 3 rings (SSSR count). The average Bonchev–Trinajstić information content (AvgIpc) is 3.13. The molecular weight excluding hydrogens is 312 g/mol. The second-order valence-corrected chi connectivity index (χ2v) is 6.33. The van der Waals surface area contributed by atoms with E-state index in [1.807, 2.05) is 36.6 Å². The summed E-state index contributed by atoms with van der Waals surface area (Å²) in [5, 5.41) is 14.9. The van der Waals surface area contributed by atoms with Gasteiger partial charge in [-0.15, -0.1) is 11.3 Å². The third-order valence-electron chi connectivity index (χ3n) is 3.66. The first kappa shape index (κ1) is 15.3. The van der Waals surface area contributed by atoms with E-state index in [0.717, 1.165) is 22.0 Å². The molecule has 23 heavy (non-hydrogen) atoms. The lowest BCUT2D eigenvalue weighted by Gasteiger charge is -2.13. The van der Waals surface area contributed by atoms with Gasteiger partial charge in [0.25, 0.3) is 5.91 Å². The number of thiophene rings is 1. The molecule has 0 fully saturated rings. The van der Waals surface area contributed by atoms with E-state index < -0.39 is 12.0 Å². The first-order valence-electron chi connectivity index (χ1n) is 7.18. The Bertz CT molecular complexity index is 865. The van der Waals surface area contributed by atoms with Crippen LogP contribution >= 0.6 is 11.3 Å². The fourth-order valence-corrected chi connectivity index (χ4v) is 3.30. The Morgan fingerprint density at radius 3 is 2.83 bits per heavy atom. The number of para-hydroxylation sites is 1. The number of carbonyl (C=O) groups excluding carboxylic acids is 1. The van der Waals surface area contributed by atoms with Crippen LogP contribution in [0.2, 0.25) is 0 Å². The Kier molecular flexibility index (Phi) is 4.16. The van der Waals surface area contributed by atoms with Gasteiger partial charge in [0.05, 0.1) is 4.88 Å². The molecule has 0 bridgehead atoms. The predicted octanol–water partition coefficient (Wildman–Crippen LogP) is 2.96. The average molecular weight is 328 g/mol. The molecule has 118 valence electrons. The van der Waals surface area contributed by atoms with Crippen LogP contribution in [0.5, 0.6) is 0 Å². The van der Waals surface area contributed by atoms with E-state index in [2.05, 4.69) is 10.3 Å². The number of aromatic amines is 1. The van der Waals surface area contributed by atoms with Gasteiger partial charge in [0.2, 0.25) is 0 Å². The van der Waals surface area contributed by atoms with Gasteiger partial charge in [-0.25, -0.2) is 4.79 Å². The van der Waals surface area contributed by atoms with Gasteiger partial charge < -0.3 is 15.4 Å². The van der Waals surface area contributed by atoms with Crippen LogP contribution in [-0.2, 0) is 11.2 Å². The third-order valence-corrected chi connectivity index (χ3v) is 4.70. The van der Waals surface area contributed by atoms with Crippen LogP contribution in [0.15, 0.2) is 41.9 Å². The molecule has 0 radical (unpaired) electrons. The molecule has 3 aromatic rings. The molecule has 5 nitrogen and oxygen atoms in total. The molecular formula is C17H16N2O3S. The minimum atomic E-state index is -1.04. The molecule has 1 atom stereocenters. The normalized spacial score (nSPS) is 12.2. The molecule has 0 spiro atoms. The molecule has 0 saturated heterocycles. The maximum atomic E-state index is 12.2. The molecule has 1 amide bonds. The number of nitrogens with one attached hydrogen (secondary N) is 2. The highest BCUT2D eigenvalue weighted by molar-refractivity contribution is 7.12. The van der Waals surface area contributed by atoms with Gasteiger partial charge in [-0.3, -0.25) is 4.79 Å². The molecule has 1 aromatic carbocycles. The lowest BCUT2D eigenvalue weighted by molar-refractivity contribution is -0.139. The number of hydrogen-bond donors (Lipinski definition) is 3. The Balaban J connectivity index is 1.79. The standard InChI is InChI=1S/C17H16N2O3S/c1-10-6-15(23-9-10)16(20)19-14(17(21)22)7-11-8-18-13-5-3-2-4-12(11)13/h2-6,8-9,14,18H,7H2,1H3,(H,19,20)(H,21,22)/t14-/m0/s1. The monoisotopic (exact) mass is 328 g/mol. The van der Waals surface area contributed by atoms with Crippen LogP contribution < -0.4 is 5.32 Å². The van der Waals surface area contributed by atoms with Crippen molar-refractivity contribution in [2.24, 2.45) is 0 Å². The second kappa shape index (κ2) is 6.26. The maximum absolute atomic E-state index is 12.2. The number of amides is 1. The molecule has 2 aromatic heterocycles. The smallest absolute Gasteiger partial charge is 0.326 e. The van der Waals surface area contributed by atoms with Crippen molar-refractivity contribution in [2.45, 2.75) is 19.4 Å². The van der Waals surface area contributed by atoms with E-state index in [4.69, 9.17) is 0 Å². The molecule has 0 aliphatic heterocycles. The van der Waals surface area contributed by atoms with E-state index in [1.54, 1.807) is 12.3 Å². The number of hydrogen-bond acceptors (Lipinski definition) is 3. The summed E-state index contributed by atoms with van der Waals surface area (Å²) in [6, 6.07) is 8.47. The number of H-pyrrole nitrogens is 1. The number of carboxylic acid groups (broad SMARTS) is 1. The first-order chi connectivity index (χ1) is 11.0. The van der Waals surface area contributed by atoms with Crippen molar-refractivity contribution in [3.05, 3.63) is 57.9 Å². The quantitative estimate of drug-likeness (QED) is 0.673. The van der Waals surface area contributed by atoms with Crippen molar-refractivity contribution in [3.8, 4) is 0 Å². The number of carbonyl (C=O) groups is 2. The summed E-state index contributed by atoms with van der Waals surface area (Å²) in [5.41, 5.74) is 2.81. The first-order valence-corrected chi connectivity index (χ1v) is 8.06. The summed E-state index contributed by atoms with van der Waals surface area (Å²) in [5.74, 6) is -1.40.